The van der Waals surface area contributed by atoms with Gasteiger partial charge in [-0.1, -0.05) is 12.1 Å². The fourth-order valence-corrected chi connectivity index (χ4v) is 1.60. The van der Waals surface area contributed by atoms with Crippen molar-refractivity contribution in [3.05, 3.63) is 59.9 Å². The van der Waals surface area contributed by atoms with Crippen LogP contribution in [0.4, 0.5) is 11.4 Å². The molecule has 3 N–H and O–H groups in total. The number of nitrogens with one attached hydrogen (secondary N) is 1. The highest BCUT2D eigenvalue weighted by molar-refractivity contribution is 6.02. The molecule has 0 bridgehead atoms. The Morgan fingerprint density at radius 1 is 1.37 bits per heavy atom. The Hall–Kier alpha value is -2.62. The number of benzene rings is 1. The predicted octanol–water partition coefficient (Wildman–Crippen LogP) is 2.62. The van der Waals surface area contributed by atoms with Crippen molar-refractivity contribution >= 4 is 23.4 Å². The zero-order valence-electron chi connectivity index (χ0n) is 10.6. The Morgan fingerprint density at radius 3 is 2.95 bits per heavy atom. The van der Waals surface area contributed by atoms with E-state index in [4.69, 9.17) is 5.73 Å². The molecular formula is C15H15N3O. The number of nitrogens with zero attached hydrogens (tertiary/aromatic N) is 1. The van der Waals surface area contributed by atoms with Crippen LogP contribution < -0.4 is 11.1 Å². The third-order valence-electron chi connectivity index (χ3n) is 2.63. The van der Waals surface area contributed by atoms with E-state index in [2.05, 4.69) is 10.3 Å². The highest BCUT2D eigenvalue weighted by Crippen LogP contribution is 2.18. The molecule has 4 heteroatoms. The van der Waals surface area contributed by atoms with Crippen molar-refractivity contribution in [2.75, 3.05) is 11.1 Å². The number of aromatic nitrogens is 1. The van der Waals surface area contributed by atoms with Crippen molar-refractivity contribution in [2.24, 2.45) is 0 Å². The normalized spacial score (nSPS) is 10.6. The molecule has 1 amide bonds. The molecule has 4 nitrogen and oxygen atoms in total. The monoisotopic (exact) mass is 253 g/mol. The number of rotatable bonds is 3. The zero-order valence-corrected chi connectivity index (χ0v) is 10.6. The highest BCUT2D eigenvalue weighted by Gasteiger charge is 2.02. The van der Waals surface area contributed by atoms with Gasteiger partial charge < -0.3 is 11.1 Å². The maximum Gasteiger partial charge on any atom is 0.248 e. The lowest BCUT2D eigenvalue weighted by Crippen LogP contribution is -2.09. The van der Waals surface area contributed by atoms with Gasteiger partial charge in [0.1, 0.15) is 0 Å². The fraction of sp³-hybridized carbons (Fsp3) is 0.0667. The summed E-state index contributed by atoms with van der Waals surface area (Å²) in [6, 6.07) is 9.11. The number of hydrogen-bond donors (Lipinski definition) is 2. The fourth-order valence-electron chi connectivity index (χ4n) is 1.60. The number of amides is 1. The second kappa shape index (κ2) is 5.82. The van der Waals surface area contributed by atoms with Crippen molar-refractivity contribution in [2.45, 2.75) is 6.92 Å². The minimum Gasteiger partial charge on any atom is -0.399 e. The lowest BCUT2D eigenvalue weighted by atomic mass is 10.2. The van der Waals surface area contributed by atoms with E-state index in [0.29, 0.717) is 5.69 Å². The molecular weight excluding hydrogens is 238 g/mol. The van der Waals surface area contributed by atoms with Crippen molar-refractivity contribution < 1.29 is 4.79 Å². The molecule has 2 aromatic rings. The molecule has 0 saturated heterocycles. The number of carbonyl (C=O) groups excluding carboxylic acids is 1. The summed E-state index contributed by atoms with van der Waals surface area (Å²) < 4.78 is 0. The highest BCUT2D eigenvalue weighted by atomic mass is 16.1. The molecule has 0 aliphatic rings. The van der Waals surface area contributed by atoms with Crippen LogP contribution in [0.2, 0.25) is 0 Å². The predicted molar refractivity (Wildman–Crippen MR) is 77.5 cm³/mol. The SMILES string of the molecule is Cc1ccc(N)cc1NC(=O)C=Cc1cccnc1. The van der Waals surface area contributed by atoms with Gasteiger partial charge in [-0.2, -0.15) is 0 Å². The van der Waals surface area contributed by atoms with Crippen LogP contribution in [0.5, 0.6) is 0 Å². The third kappa shape index (κ3) is 3.67. The number of hydrogen-bond acceptors (Lipinski definition) is 3. The summed E-state index contributed by atoms with van der Waals surface area (Å²) in [5.74, 6) is -0.197. The summed E-state index contributed by atoms with van der Waals surface area (Å²) in [5, 5.41) is 2.80. The summed E-state index contributed by atoms with van der Waals surface area (Å²) in [7, 11) is 0. The first-order valence-electron chi connectivity index (χ1n) is 5.90. The zero-order chi connectivity index (χ0) is 13.7. The summed E-state index contributed by atoms with van der Waals surface area (Å²) in [6.07, 6.45) is 6.56. The molecule has 0 aliphatic heterocycles. The molecule has 0 saturated carbocycles. The Balaban J connectivity index is 2.06. The van der Waals surface area contributed by atoms with Crippen LogP contribution in [0.3, 0.4) is 0 Å². The number of nitrogen functional groups attached to an aromatic ring is 1. The van der Waals surface area contributed by atoms with E-state index in [1.54, 1.807) is 30.6 Å². The van der Waals surface area contributed by atoms with Gasteiger partial charge in [-0.05, 0) is 42.3 Å². The minimum atomic E-state index is -0.197. The van der Waals surface area contributed by atoms with Gasteiger partial charge in [0.15, 0.2) is 0 Å². The molecule has 1 aromatic carbocycles. The van der Waals surface area contributed by atoms with Crippen molar-refractivity contribution in [3.63, 3.8) is 0 Å². The topological polar surface area (TPSA) is 68.0 Å². The lowest BCUT2D eigenvalue weighted by molar-refractivity contribution is -0.111. The Labute approximate surface area is 112 Å². The van der Waals surface area contributed by atoms with Crippen LogP contribution in [0.15, 0.2) is 48.8 Å². The van der Waals surface area contributed by atoms with Gasteiger partial charge in [-0.3, -0.25) is 9.78 Å². The largest absolute Gasteiger partial charge is 0.399 e. The van der Waals surface area contributed by atoms with Gasteiger partial charge in [-0.25, -0.2) is 0 Å². The molecule has 2 rings (SSSR count). The summed E-state index contributed by atoms with van der Waals surface area (Å²) >= 11 is 0. The number of aryl methyl sites for hydroxylation is 1. The standard InChI is InChI=1S/C15H15N3O/c1-11-4-6-13(16)9-14(11)18-15(19)7-5-12-3-2-8-17-10-12/h2-10H,16H2,1H3,(H,18,19). The van der Waals surface area contributed by atoms with Crippen molar-refractivity contribution in [1.29, 1.82) is 0 Å². The molecule has 0 spiro atoms. The second-order valence-electron chi connectivity index (χ2n) is 4.18. The van der Waals surface area contributed by atoms with E-state index in [9.17, 15) is 4.79 Å². The lowest BCUT2D eigenvalue weighted by Gasteiger charge is -2.07. The first kappa shape index (κ1) is 12.8. The molecule has 19 heavy (non-hydrogen) atoms. The quantitative estimate of drug-likeness (QED) is 0.652. The molecule has 0 unspecified atom stereocenters. The van der Waals surface area contributed by atoms with Gasteiger partial charge in [-0.15, -0.1) is 0 Å². The molecule has 1 aromatic heterocycles. The van der Waals surface area contributed by atoms with Gasteiger partial charge >= 0.3 is 0 Å². The van der Waals surface area contributed by atoms with Crippen LogP contribution in [-0.4, -0.2) is 10.9 Å². The minimum absolute atomic E-state index is 0.197. The van der Waals surface area contributed by atoms with Gasteiger partial charge in [0.2, 0.25) is 5.91 Å². The maximum atomic E-state index is 11.8. The van der Waals surface area contributed by atoms with Crippen LogP contribution >= 0.6 is 0 Å². The molecule has 1 heterocycles. The van der Waals surface area contributed by atoms with Crippen LogP contribution in [-0.2, 0) is 4.79 Å². The van der Waals surface area contributed by atoms with Crippen molar-refractivity contribution in [1.82, 2.24) is 4.98 Å². The molecule has 0 atom stereocenters. The third-order valence-corrected chi connectivity index (χ3v) is 2.63. The summed E-state index contributed by atoms with van der Waals surface area (Å²) in [5.41, 5.74) is 8.88. The number of pyridine rings is 1. The summed E-state index contributed by atoms with van der Waals surface area (Å²) in [6.45, 7) is 1.92. The molecule has 0 aliphatic carbocycles. The first-order chi connectivity index (χ1) is 9.15. The molecule has 0 fully saturated rings. The van der Waals surface area contributed by atoms with Crippen LogP contribution in [0.1, 0.15) is 11.1 Å². The summed E-state index contributed by atoms with van der Waals surface area (Å²) in [4.78, 5) is 15.8. The van der Waals surface area contributed by atoms with Gasteiger partial charge in [0.25, 0.3) is 0 Å². The van der Waals surface area contributed by atoms with E-state index in [1.165, 1.54) is 6.08 Å². The van der Waals surface area contributed by atoms with Crippen LogP contribution in [0.25, 0.3) is 6.08 Å². The first-order valence-corrected chi connectivity index (χ1v) is 5.90. The van der Waals surface area contributed by atoms with Gasteiger partial charge in [0.05, 0.1) is 0 Å². The van der Waals surface area contributed by atoms with E-state index in [-0.39, 0.29) is 5.91 Å². The Morgan fingerprint density at radius 2 is 2.21 bits per heavy atom. The average Bonchev–Trinajstić information content (AvgIpc) is 2.42. The maximum absolute atomic E-state index is 11.8. The van der Waals surface area contributed by atoms with E-state index < -0.39 is 0 Å². The van der Waals surface area contributed by atoms with E-state index in [1.807, 2.05) is 25.1 Å². The van der Waals surface area contributed by atoms with Crippen LogP contribution in [0, 0.1) is 6.92 Å². The van der Waals surface area contributed by atoms with Crippen molar-refractivity contribution in [3.8, 4) is 0 Å². The van der Waals surface area contributed by atoms with E-state index >= 15 is 0 Å². The number of carbonyl (C=O) groups is 1. The Kier molecular flexibility index (Phi) is 3.93. The molecule has 96 valence electrons. The molecule has 0 radical (unpaired) electrons. The van der Waals surface area contributed by atoms with Gasteiger partial charge in [0, 0.05) is 29.8 Å². The second-order valence-corrected chi connectivity index (χ2v) is 4.18. The van der Waals surface area contributed by atoms with E-state index in [0.717, 1.165) is 16.8 Å². The average molecular weight is 253 g/mol. The number of anilines is 2. The smallest absolute Gasteiger partial charge is 0.248 e. The number of nitrogens with two attached hydrogens (primary N) is 1. The Bertz CT molecular complexity index is 606.